The highest BCUT2D eigenvalue weighted by molar-refractivity contribution is 6.34. The highest BCUT2D eigenvalue weighted by atomic mass is 35.5. The van der Waals surface area contributed by atoms with Crippen LogP contribution in [0.3, 0.4) is 0 Å². The minimum atomic E-state index is -0.217. The standard InChI is InChI=1S/C13H14ClN3O/c14-12-10(2-1-7-18)5-6-11(13(12)17-15)16-8-9-3-4-9/h5-6,9,15-16,18H,3-4,7-8H2. The van der Waals surface area contributed by atoms with E-state index in [-0.39, 0.29) is 6.61 Å². The molecule has 1 fully saturated rings. The second kappa shape index (κ2) is 5.85. The Balaban J connectivity index is 2.24. The van der Waals surface area contributed by atoms with E-state index in [2.05, 4.69) is 22.3 Å². The van der Waals surface area contributed by atoms with Gasteiger partial charge in [0.15, 0.2) is 0 Å². The largest absolute Gasteiger partial charge is 0.384 e. The third kappa shape index (κ3) is 3.00. The SMILES string of the molecule is N=Nc1c(NCC2CC2)ccc(C#CCO)c1Cl. The Bertz CT molecular complexity index is 515. The Kier molecular flexibility index (Phi) is 4.19. The van der Waals surface area contributed by atoms with Gasteiger partial charge in [-0.1, -0.05) is 23.4 Å². The number of aliphatic hydroxyl groups excluding tert-OH is 1. The number of halogens is 1. The number of benzene rings is 1. The van der Waals surface area contributed by atoms with Gasteiger partial charge in [-0.15, -0.1) is 0 Å². The molecule has 0 unspecified atom stereocenters. The summed E-state index contributed by atoms with van der Waals surface area (Å²) in [4.78, 5) is 0. The first-order chi connectivity index (χ1) is 8.76. The zero-order valence-corrected chi connectivity index (χ0v) is 10.6. The number of hydrogen-bond acceptors (Lipinski definition) is 4. The molecule has 1 aromatic rings. The topological polar surface area (TPSA) is 68.5 Å². The summed E-state index contributed by atoms with van der Waals surface area (Å²) in [5.74, 6) is 6.01. The summed E-state index contributed by atoms with van der Waals surface area (Å²) >= 11 is 6.14. The first-order valence-electron chi connectivity index (χ1n) is 5.79. The molecule has 1 saturated carbocycles. The van der Waals surface area contributed by atoms with Crippen LogP contribution in [-0.2, 0) is 0 Å². The molecule has 5 heteroatoms. The molecule has 4 nitrogen and oxygen atoms in total. The molecule has 0 heterocycles. The maximum atomic E-state index is 8.66. The predicted octanol–water partition coefficient (Wildman–Crippen LogP) is 3.17. The van der Waals surface area contributed by atoms with Gasteiger partial charge < -0.3 is 10.4 Å². The Hall–Kier alpha value is -1.57. The van der Waals surface area contributed by atoms with E-state index in [0.717, 1.165) is 18.2 Å². The van der Waals surface area contributed by atoms with E-state index in [4.69, 9.17) is 22.2 Å². The number of anilines is 1. The van der Waals surface area contributed by atoms with Crippen molar-refractivity contribution in [1.82, 2.24) is 0 Å². The zero-order valence-electron chi connectivity index (χ0n) is 9.83. The molecule has 0 aromatic heterocycles. The van der Waals surface area contributed by atoms with Gasteiger partial charge in [-0.2, -0.15) is 5.11 Å². The molecular formula is C13H14ClN3O. The van der Waals surface area contributed by atoms with Crippen LogP contribution in [0.15, 0.2) is 17.2 Å². The van der Waals surface area contributed by atoms with Crippen LogP contribution in [0.1, 0.15) is 18.4 Å². The first kappa shape index (κ1) is 12.9. The number of rotatable bonds is 4. The number of nitrogens with one attached hydrogen (secondary N) is 2. The lowest BCUT2D eigenvalue weighted by molar-refractivity contribution is 0.350. The van der Waals surface area contributed by atoms with Crippen molar-refractivity contribution in [2.75, 3.05) is 18.5 Å². The quantitative estimate of drug-likeness (QED) is 0.577. The Morgan fingerprint density at radius 2 is 2.28 bits per heavy atom. The molecule has 0 aliphatic heterocycles. The molecule has 0 bridgehead atoms. The number of hydrogen-bond donors (Lipinski definition) is 3. The van der Waals surface area contributed by atoms with Crippen LogP contribution in [-0.4, -0.2) is 18.3 Å². The van der Waals surface area contributed by atoms with Crippen molar-refractivity contribution >= 4 is 23.0 Å². The van der Waals surface area contributed by atoms with Crippen molar-refractivity contribution in [1.29, 1.82) is 5.53 Å². The average Bonchev–Trinajstić information content (AvgIpc) is 3.19. The van der Waals surface area contributed by atoms with Crippen molar-refractivity contribution in [3.8, 4) is 11.8 Å². The molecule has 0 radical (unpaired) electrons. The van der Waals surface area contributed by atoms with Gasteiger partial charge in [0.1, 0.15) is 12.3 Å². The van der Waals surface area contributed by atoms with Crippen LogP contribution < -0.4 is 5.32 Å². The molecule has 1 aliphatic carbocycles. The van der Waals surface area contributed by atoms with Gasteiger partial charge in [0, 0.05) is 12.1 Å². The monoisotopic (exact) mass is 263 g/mol. The fourth-order valence-corrected chi connectivity index (χ4v) is 1.88. The normalized spacial score (nSPS) is 13.7. The van der Waals surface area contributed by atoms with E-state index in [0.29, 0.717) is 16.3 Å². The predicted molar refractivity (Wildman–Crippen MR) is 71.4 cm³/mol. The van der Waals surface area contributed by atoms with E-state index < -0.39 is 0 Å². The molecule has 1 aromatic carbocycles. The van der Waals surface area contributed by atoms with E-state index in [1.807, 2.05) is 6.07 Å². The lowest BCUT2D eigenvalue weighted by Gasteiger charge is -2.10. The van der Waals surface area contributed by atoms with E-state index in [1.54, 1.807) is 6.07 Å². The molecule has 0 spiro atoms. The van der Waals surface area contributed by atoms with Crippen LogP contribution in [0.2, 0.25) is 5.02 Å². The van der Waals surface area contributed by atoms with E-state index in [1.165, 1.54) is 12.8 Å². The van der Waals surface area contributed by atoms with Crippen LogP contribution in [0.25, 0.3) is 0 Å². The molecule has 94 valence electrons. The van der Waals surface area contributed by atoms with Crippen molar-refractivity contribution in [3.63, 3.8) is 0 Å². The fourth-order valence-electron chi connectivity index (χ4n) is 1.62. The summed E-state index contributed by atoms with van der Waals surface area (Å²) in [6.07, 6.45) is 2.52. The molecule has 0 saturated heterocycles. The summed E-state index contributed by atoms with van der Waals surface area (Å²) in [5.41, 5.74) is 8.95. The molecule has 0 atom stereocenters. The van der Waals surface area contributed by atoms with Gasteiger partial charge in [0.2, 0.25) is 0 Å². The summed E-state index contributed by atoms with van der Waals surface area (Å²) in [6.45, 7) is 0.672. The van der Waals surface area contributed by atoms with Crippen LogP contribution in [0.5, 0.6) is 0 Å². The van der Waals surface area contributed by atoms with Gasteiger partial charge in [0.25, 0.3) is 0 Å². The van der Waals surface area contributed by atoms with Gasteiger partial charge >= 0.3 is 0 Å². The van der Waals surface area contributed by atoms with E-state index >= 15 is 0 Å². The zero-order chi connectivity index (χ0) is 13.0. The molecule has 3 N–H and O–H groups in total. The highest BCUT2D eigenvalue weighted by Crippen LogP contribution is 2.37. The second-order valence-corrected chi connectivity index (χ2v) is 4.60. The Morgan fingerprint density at radius 1 is 1.50 bits per heavy atom. The summed E-state index contributed by atoms with van der Waals surface area (Å²) < 4.78 is 0. The maximum Gasteiger partial charge on any atom is 0.128 e. The smallest absolute Gasteiger partial charge is 0.128 e. The van der Waals surface area contributed by atoms with Gasteiger partial charge in [-0.25, -0.2) is 5.53 Å². The summed E-state index contributed by atoms with van der Waals surface area (Å²) in [6, 6.07) is 3.60. The summed E-state index contributed by atoms with van der Waals surface area (Å²) in [5, 5.41) is 15.7. The lowest BCUT2D eigenvalue weighted by Crippen LogP contribution is -2.03. The van der Waals surface area contributed by atoms with Crippen molar-refractivity contribution < 1.29 is 5.11 Å². The van der Waals surface area contributed by atoms with Gasteiger partial charge in [-0.3, -0.25) is 0 Å². The average molecular weight is 264 g/mol. The number of aliphatic hydroxyl groups is 1. The van der Waals surface area contributed by atoms with Crippen molar-refractivity contribution in [3.05, 3.63) is 22.7 Å². The van der Waals surface area contributed by atoms with Crippen LogP contribution in [0, 0.1) is 23.3 Å². The highest BCUT2D eigenvalue weighted by Gasteiger charge is 2.21. The maximum absolute atomic E-state index is 8.66. The first-order valence-corrected chi connectivity index (χ1v) is 6.17. The van der Waals surface area contributed by atoms with Crippen LogP contribution in [0.4, 0.5) is 11.4 Å². The number of nitrogens with zero attached hydrogens (tertiary/aromatic N) is 1. The Morgan fingerprint density at radius 3 is 2.89 bits per heavy atom. The summed E-state index contributed by atoms with van der Waals surface area (Å²) in [7, 11) is 0. The fraction of sp³-hybridized carbons (Fsp3) is 0.385. The molecule has 2 rings (SSSR count). The second-order valence-electron chi connectivity index (χ2n) is 4.22. The molecule has 18 heavy (non-hydrogen) atoms. The van der Waals surface area contributed by atoms with Crippen molar-refractivity contribution in [2.45, 2.75) is 12.8 Å². The minimum Gasteiger partial charge on any atom is -0.384 e. The molecule has 0 amide bonds. The lowest BCUT2D eigenvalue weighted by atomic mass is 10.1. The minimum absolute atomic E-state index is 0.217. The van der Waals surface area contributed by atoms with E-state index in [9.17, 15) is 0 Å². The van der Waals surface area contributed by atoms with Gasteiger partial charge in [0.05, 0.1) is 10.7 Å². The van der Waals surface area contributed by atoms with Crippen LogP contribution >= 0.6 is 11.6 Å². The molecular weight excluding hydrogens is 250 g/mol. The Labute approximate surface area is 111 Å². The third-order valence-corrected chi connectivity index (χ3v) is 3.19. The van der Waals surface area contributed by atoms with Gasteiger partial charge in [-0.05, 0) is 30.9 Å². The molecule has 1 aliphatic rings. The third-order valence-electron chi connectivity index (χ3n) is 2.81. The van der Waals surface area contributed by atoms with Crippen molar-refractivity contribution in [2.24, 2.45) is 11.0 Å².